The van der Waals surface area contributed by atoms with Crippen LogP contribution < -0.4 is 9.62 Å². The third-order valence-corrected chi connectivity index (χ3v) is 7.41. The first-order chi connectivity index (χ1) is 16.5. The zero-order valence-corrected chi connectivity index (χ0v) is 24.1. The number of nitrogens with one attached hydrogen (secondary N) is 1. The molecule has 0 spiro atoms. The summed E-state index contributed by atoms with van der Waals surface area (Å²) >= 11 is 12.2. The van der Waals surface area contributed by atoms with Crippen molar-refractivity contribution in [3.05, 3.63) is 63.6 Å². The van der Waals surface area contributed by atoms with Crippen molar-refractivity contribution in [3.8, 4) is 0 Å². The van der Waals surface area contributed by atoms with Crippen LogP contribution in [0.5, 0.6) is 0 Å². The van der Waals surface area contributed by atoms with Crippen LogP contribution in [-0.4, -0.2) is 49.5 Å². The van der Waals surface area contributed by atoms with Gasteiger partial charge in [0.2, 0.25) is 21.8 Å². The van der Waals surface area contributed by atoms with Crippen LogP contribution in [0, 0.1) is 0 Å². The number of carbonyl (C=O) groups excluding carboxylic acids is 2. The van der Waals surface area contributed by atoms with Gasteiger partial charge in [0.05, 0.1) is 22.0 Å². The molecule has 10 heteroatoms. The number of benzene rings is 2. The summed E-state index contributed by atoms with van der Waals surface area (Å²) in [7, 11) is -3.79. The molecule has 0 bridgehead atoms. The first kappa shape index (κ1) is 29.9. The molecule has 2 aromatic rings. The van der Waals surface area contributed by atoms with Gasteiger partial charge in [-0.2, -0.15) is 0 Å². The van der Waals surface area contributed by atoms with E-state index < -0.39 is 34.1 Å². The summed E-state index contributed by atoms with van der Waals surface area (Å²) in [4.78, 5) is 27.9. The molecule has 0 aliphatic rings. The Labute approximate surface area is 224 Å². The minimum Gasteiger partial charge on any atom is -0.350 e. The lowest BCUT2D eigenvalue weighted by Gasteiger charge is -2.33. The van der Waals surface area contributed by atoms with Crippen molar-refractivity contribution >= 4 is 50.7 Å². The van der Waals surface area contributed by atoms with Crippen LogP contribution in [0.25, 0.3) is 0 Å². The Morgan fingerprint density at radius 2 is 1.56 bits per heavy atom. The molecule has 0 aromatic heterocycles. The van der Waals surface area contributed by atoms with Crippen molar-refractivity contribution in [1.29, 1.82) is 0 Å². The summed E-state index contributed by atoms with van der Waals surface area (Å²) < 4.78 is 26.4. The maximum Gasteiger partial charge on any atom is 0.244 e. The highest BCUT2D eigenvalue weighted by atomic mass is 35.5. The van der Waals surface area contributed by atoms with Gasteiger partial charge in [-0.3, -0.25) is 13.9 Å². The molecule has 2 aromatic carbocycles. The average molecular weight is 557 g/mol. The maximum absolute atomic E-state index is 13.6. The van der Waals surface area contributed by atoms with Crippen molar-refractivity contribution in [1.82, 2.24) is 10.2 Å². The SMILES string of the molecule is CC(C)c1ccc(N(CC(=O)N(Cc2ccc(Cl)c(Cl)c2)[C@@H](C)C(=O)NC(C)(C)C)S(C)(=O)=O)cc1. The maximum atomic E-state index is 13.6. The molecule has 7 nitrogen and oxygen atoms in total. The van der Waals surface area contributed by atoms with Gasteiger partial charge in [-0.15, -0.1) is 0 Å². The highest BCUT2D eigenvalue weighted by Crippen LogP contribution is 2.25. The van der Waals surface area contributed by atoms with E-state index in [2.05, 4.69) is 5.32 Å². The van der Waals surface area contributed by atoms with E-state index in [1.54, 1.807) is 37.3 Å². The summed E-state index contributed by atoms with van der Waals surface area (Å²) in [5, 5.41) is 3.56. The van der Waals surface area contributed by atoms with Crippen LogP contribution in [0.4, 0.5) is 5.69 Å². The predicted molar refractivity (Wildman–Crippen MR) is 147 cm³/mol. The summed E-state index contributed by atoms with van der Waals surface area (Å²) in [5.74, 6) is -0.615. The van der Waals surface area contributed by atoms with E-state index >= 15 is 0 Å². The van der Waals surface area contributed by atoms with Crippen molar-refractivity contribution < 1.29 is 18.0 Å². The third-order valence-electron chi connectivity index (χ3n) is 5.53. The summed E-state index contributed by atoms with van der Waals surface area (Å²) in [5.41, 5.74) is 1.56. The second-order valence-electron chi connectivity index (χ2n) is 10.2. The van der Waals surface area contributed by atoms with Crippen molar-refractivity contribution in [2.75, 3.05) is 17.1 Å². The van der Waals surface area contributed by atoms with Gasteiger partial charge in [-0.1, -0.05) is 55.2 Å². The summed E-state index contributed by atoms with van der Waals surface area (Å²) in [6.45, 7) is 10.8. The molecule has 198 valence electrons. The van der Waals surface area contributed by atoms with E-state index in [9.17, 15) is 18.0 Å². The van der Waals surface area contributed by atoms with Gasteiger partial charge >= 0.3 is 0 Å². The van der Waals surface area contributed by atoms with Crippen molar-refractivity contribution in [3.63, 3.8) is 0 Å². The number of anilines is 1. The molecule has 1 N–H and O–H groups in total. The zero-order valence-electron chi connectivity index (χ0n) is 21.8. The van der Waals surface area contributed by atoms with E-state index in [0.29, 0.717) is 21.3 Å². The Morgan fingerprint density at radius 3 is 2.03 bits per heavy atom. The quantitative estimate of drug-likeness (QED) is 0.459. The average Bonchev–Trinajstić information content (AvgIpc) is 2.75. The molecule has 36 heavy (non-hydrogen) atoms. The van der Waals surface area contributed by atoms with Gasteiger partial charge in [0.1, 0.15) is 12.6 Å². The lowest BCUT2D eigenvalue weighted by atomic mass is 10.0. The molecular formula is C26H35Cl2N3O4S. The molecule has 2 rings (SSSR count). The number of amides is 2. The van der Waals surface area contributed by atoms with E-state index in [0.717, 1.165) is 16.1 Å². The topological polar surface area (TPSA) is 86.8 Å². The molecule has 0 saturated carbocycles. The number of sulfonamides is 1. The van der Waals surface area contributed by atoms with Gasteiger partial charge in [0, 0.05) is 12.1 Å². The van der Waals surface area contributed by atoms with E-state index in [1.807, 2.05) is 46.8 Å². The molecular weight excluding hydrogens is 521 g/mol. The van der Waals surface area contributed by atoms with Crippen molar-refractivity contribution in [2.45, 2.75) is 65.6 Å². The monoisotopic (exact) mass is 555 g/mol. The summed E-state index contributed by atoms with van der Waals surface area (Å²) in [6.07, 6.45) is 1.05. The highest BCUT2D eigenvalue weighted by molar-refractivity contribution is 7.92. The number of hydrogen-bond acceptors (Lipinski definition) is 4. The second-order valence-corrected chi connectivity index (χ2v) is 12.9. The normalized spacial score (nSPS) is 12.8. The highest BCUT2D eigenvalue weighted by Gasteiger charge is 2.31. The first-order valence-electron chi connectivity index (χ1n) is 11.6. The van der Waals surface area contributed by atoms with Crippen LogP contribution in [0.1, 0.15) is 58.6 Å². The van der Waals surface area contributed by atoms with E-state index in [4.69, 9.17) is 23.2 Å². The Balaban J connectivity index is 2.43. The molecule has 2 amide bonds. The van der Waals surface area contributed by atoms with Crippen LogP contribution >= 0.6 is 23.2 Å². The number of hydrogen-bond donors (Lipinski definition) is 1. The van der Waals surface area contributed by atoms with Crippen LogP contribution in [0.2, 0.25) is 10.0 Å². The lowest BCUT2D eigenvalue weighted by Crippen LogP contribution is -2.54. The number of carbonyl (C=O) groups is 2. The smallest absolute Gasteiger partial charge is 0.244 e. The van der Waals surface area contributed by atoms with Gasteiger partial charge in [-0.25, -0.2) is 8.42 Å². The number of halogens is 2. The zero-order chi connectivity index (χ0) is 27.4. The molecule has 0 fully saturated rings. The minimum absolute atomic E-state index is 0.0400. The fraction of sp³-hybridized carbons (Fsp3) is 0.462. The van der Waals surface area contributed by atoms with E-state index in [-0.39, 0.29) is 18.4 Å². The third kappa shape index (κ3) is 8.39. The lowest BCUT2D eigenvalue weighted by molar-refractivity contribution is -0.140. The van der Waals surface area contributed by atoms with Crippen molar-refractivity contribution in [2.24, 2.45) is 0 Å². The molecule has 0 saturated heterocycles. The standard InChI is InChI=1S/C26H35Cl2N3O4S/c1-17(2)20-9-11-21(12-10-20)31(36(7,34)35)16-24(32)30(18(3)25(33)29-26(4,5)6)15-19-8-13-22(27)23(28)14-19/h8-14,17-18H,15-16H2,1-7H3,(H,29,33)/t18-/m0/s1. The molecule has 1 atom stereocenters. The van der Waals surface area contributed by atoms with Gasteiger partial charge in [0.25, 0.3) is 0 Å². The minimum atomic E-state index is -3.79. The van der Waals surface area contributed by atoms with Crippen LogP contribution in [0.15, 0.2) is 42.5 Å². The molecule has 0 aliphatic carbocycles. The molecule has 0 unspecified atom stereocenters. The predicted octanol–water partition coefficient (Wildman–Crippen LogP) is 5.21. The largest absolute Gasteiger partial charge is 0.350 e. The molecule has 0 aliphatic heterocycles. The Hall–Kier alpha value is -2.29. The molecule has 0 heterocycles. The fourth-order valence-corrected chi connectivity index (χ4v) is 4.70. The van der Waals surface area contributed by atoms with Gasteiger partial charge in [0.15, 0.2) is 0 Å². The first-order valence-corrected chi connectivity index (χ1v) is 14.2. The van der Waals surface area contributed by atoms with E-state index in [1.165, 1.54) is 4.90 Å². The van der Waals surface area contributed by atoms with Crippen LogP contribution in [0.3, 0.4) is 0 Å². The Morgan fingerprint density at radius 1 is 0.972 bits per heavy atom. The van der Waals surface area contributed by atoms with Crippen LogP contribution in [-0.2, 0) is 26.2 Å². The Bertz CT molecular complexity index is 1190. The number of rotatable bonds is 9. The number of nitrogens with zero attached hydrogens (tertiary/aromatic N) is 2. The fourth-order valence-electron chi connectivity index (χ4n) is 3.53. The second kappa shape index (κ2) is 11.8. The molecule has 0 radical (unpaired) electrons. The van der Waals surface area contributed by atoms with Gasteiger partial charge in [-0.05, 0) is 69.0 Å². The van der Waals surface area contributed by atoms with Gasteiger partial charge < -0.3 is 10.2 Å². The Kier molecular flexibility index (Phi) is 9.84. The summed E-state index contributed by atoms with van der Waals surface area (Å²) in [6, 6.07) is 11.1.